The Labute approximate surface area is 151 Å². The Morgan fingerprint density at radius 2 is 2.00 bits per heavy atom. The topological polar surface area (TPSA) is 49.0 Å². The number of fused-ring (bicyclic) bond motifs is 1. The second kappa shape index (κ2) is 6.84. The van der Waals surface area contributed by atoms with Crippen LogP contribution in [0.3, 0.4) is 0 Å². The van der Waals surface area contributed by atoms with Crippen molar-refractivity contribution >= 4 is 0 Å². The van der Waals surface area contributed by atoms with E-state index in [-0.39, 0.29) is 11.4 Å². The predicted octanol–water partition coefficient (Wildman–Crippen LogP) is 3.44. The Balaban J connectivity index is 1.58. The molecule has 0 unspecified atom stereocenters. The molecule has 0 aliphatic carbocycles. The highest BCUT2D eigenvalue weighted by Crippen LogP contribution is 2.21. The standard InChI is InChI=1S/C21H20FN3O/c1-14-11-17(22)8-7-16(14)12-25-10-9-19-18(13-25)21(26)24-20(23-19)15-5-3-2-4-6-15/h2-8,11H,9-10,12-13H2,1H3,(H,23,24,26). The van der Waals surface area contributed by atoms with E-state index >= 15 is 0 Å². The maximum atomic E-state index is 13.3. The first-order valence-corrected chi connectivity index (χ1v) is 8.75. The van der Waals surface area contributed by atoms with E-state index < -0.39 is 0 Å². The molecule has 2 heterocycles. The van der Waals surface area contributed by atoms with Crippen LogP contribution in [0.25, 0.3) is 11.4 Å². The van der Waals surface area contributed by atoms with Crippen molar-refractivity contribution in [3.63, 3.8) is 0 Å². The van der Waals surface area contributed by atoms with Gasteiger partial charge in [-0.2, -0.15) is 0 Å². The molecule has 0 radical (unpaired) electrons. The average Bonchev–Trinajstić information content (AvgIpc) is 2.65. The van der Waals surface area contributed by atoms with Gasteiger partial charge in [-0.05, 0) is 30.2 Å². The van der Waals surface area contributed by atoms with Gasteiger partial charge >= 0.3 is 0 Å². The van der Waals surface area contributed by atoms with Crippen molar-refractivity contribution in [3.8, 4) is 11.4 Å². The van der Waals surface area contributed by atoms with Crippen molar-refractivity contribution in [1.29, 1.82) is 0 Å². The van der Waals surface area contributed by atoms with E-state index in [0.717, 1.165) is 40.9 Å². The molecule has 3 aromatic rings. The molecule has 4 rings (SSSR count). The third-order valence-electron chi connectivity index (χ3n) is 4.89. The quantitative estimate of drug-likeness (QED) is 0.788. The summed E-state index contributed by atoms with van der Waals surface area (Å²) in [6.07, 6.45) is 0.735. The number of aromatic nitrogens is 2. The zero-order chi connectivity index (χ0) is 18.1. The van der Waals surface area contributed by atoms with Gasteiger partial charge in [0, 0.05) is 31.6 Å². The summed E-state index contributed by atoms with van der Waals surface area (Å²) in [5.41, 5.74) is 4.46. The molecule has 0 bridgehead atoms. The van der Waals surface area contributed by atoms with Crippen LogP contribution in [0.4, 0.5) is 4.39 Å². The molecule has 0 amide bonds. The minimum atomic E-state index is -0.218. The molecule has 0 fully saturated rings. The number of benzene rings is 2. The maximum Gasteiger partial charge on any atom is 0.255 e. The summed E-state index contributed by atoms with van der Waals surface area (Å²) in [6.45, 7) is 4.00. The molecule has 0 spiro atoms. The van der Waals surface area contributed by atoms with Gasteiger partial charge < -0.3 is 4.98 Å². The predicted molar refractivity (Wildman–Crippen MR) is 99.2 cm³/mol. The Bertz CT molecular complexity index is 998. The minimum absolute atomic E-state index is 0.0746. The minimum Gasteiger partial charge on any atom is -0.306 e. The SMILES string of the molecule is Cc1cc(F)ccc1CN1CCc2nc(-c3ccccc3)[nH]c(=O)c2C1. The van der Waals surface area contributed by atoms with Gasteiger partial charge in [-0.3, -0.25) is 9.69 Å². The van der Waals surface area contributed by atoms with Crippen LogP contribution < -0.4 is 5.56 Å². The summed E-state index contributed by atoms with van der Waals surface area (Å²) in [6, 6.07) is 14.5. The highest BCUT2D eigenvalue weighted by molar-refractivity contribution is 5.54. The molecule has 2 aromatic carbocycles. The molecule has 0 atom stereocenters. The Kier molecular flexibility index (Phi) is 4.39. The Morgan fingerprint density at radius 3 is 2.77 bits per heavy atom. The van der Waals surface area contributed by atoms with Gasteiger partial charge in [0.25, 0.3) is 5.56 Å². The van der Waals surface area contributed by atoms with Gasteiger partial charge in [0.2, 0.25) is 0 Å². The number of hydrogen-bond acceptors (Lipinski definition) is 3. The van der Waals surface area contributed by atoms with Gasteiger partial charge in [-0.25, -0.2) is 9.37 Å². The number of H-pyrrole nitrogens is 1. The fourth-order valence-electron chi connectivity index (χ4n) is 3.43. The zero-order valence-electron chi connectivity index (χ0n) is 14.6. The van der Waals surface area contributed by atoms with Crippen molar-refractivity contribution < 1.29 is 4.39 Å². The lowest BCUT2D eigenvalue weighted by molar-refractivity contribution is 0.241. The summed E-state index contributed by atoms with van der Waals surface area (Å²) in [5, 5.41) is 0. The highest BCUT2D eigenvalue weighted by Gasteiger charge is 2.22. The lowest BCUT2D eigenvalue weighted by Crippen LogP contribution is -2.35. The summed E-state index contributed by atoms with van der Waals surface area (Å²) >= 11 is 0. The number of halogens is 1. The van der Waals surface area contributed by atoms with Gasteiger partial charge in [0.05, 0.1) is 11.3 Å². The summed E-state index contributed by atoms with van der Waals surface area (Å²) in [5.74, 6) is 0.404. The lowest BCUT2D eigenvalue weighted by atomic mass is 10.0. The molecular weight excluding hydrogens is 329 g/mol. The smallest absolute Gasteiger partial charge is 0.255 e. The van der Waals surface area contributed by atoms with Crippen LogP contribution in [-0.4, -0.2) is 21.4 Å². The Morgan fingerprint density at radius 1 is 1.19 bits per heavy atom. The molecule has 1 aliphatic rings. The Hall–Kier alpha value is -2.79. The van der Waals surface area contributed by atoms with Crippen molar-refractivity contribution in [2.75, 3.05) is 6.54 Å². The molecule has 1 aromatic heterocycles. The molecule has 5 heteroatoms. The first-order chi connectivity index (χ1) is 12.6. The van der Waals surface area contributed by atoms with Crippen LogP contribution in [-0.2, 0) is 19.5 Å². The molecule has 1 aliphatic heterocycles. The number of nitrogens with zero attached hydrogens (tertiary/aromatic N) is 2. The number of aryl methyl sites for hydroxylation is 1. The molecular formula is C21H20FN3O. The zero-order valence-corrected chi connectivity index (χ0v) is 14.6. The maximum absolute atomic E-state index is 13.3. The fraction of sp³-hybridized carbons (Fsp3) is 0.238. The van der Waals surface area contributed by atoms with Crippen molar-refractivity contribution in [2.45, 2.75) is 26.4 Å². The normalized spacial score (nSPS) is 14.2. The number of aromatic amines is 1. The average molecular weight is 349 g/mol. The second-order valence-corrected chi connectivity index (χ2v) is 6.74. The lowest BCUT2D eigenvalue weighted by Gasteiger charge is -2.28. The van der Waals surface area contributed by atoms with Gasteiger partial charge in [-0.1, -0.05) is 36.4 Å². The van der Waals surface area contributed by atoms with Crippen LogP contribution in [0.5, 0.6) is 0 Å². The number of nitrogens with one attached hydrogen (secondary N) is 1. The van der Waals surface area contributed by atoms with E-state index in [4.69, 9.17) is 0 Å². The van der Waals surface area contributed by atoms with Crippen LogP contribution in [0.15, 0.2) is 53.3 Å². The largest absolute Gasteiger partial charge is 0.306 e. The number of rotatable bonds is 3. The molecule has 0 saturated heterocycles. The van der Waals surface area contributed by atoms with Gasteiger partial charge in [-0.15, -0.1) is 0 Å². The first-order valence-electron chi connectivity index (χ1n) is 8.75. The molecule has 0 saturated carbocycles. The third-order valence-corrected chi connectivity index (χ3v) is 4.89. The van der Waals surface area contributed by atoms with E-state index in [2.05, 4.69) is 14.9 Å². The van der Waals surface area contributed by atoms with Crippen molar-refractivity contribution in [3.05, 3.63) is 87.1 Å². The summed E-state index contributed by atoms with van der Waals surface area (Å²) < 4.78 is 13.3. The van der Waals surface area contributed by atoms with Crippen LogP contribution in [0.1, 0.15) is 22.4 Å². The number of hydrogen-bond donors (Lipinski definition) is 1. The first kappa shape index (κ1) is 16.7. The fourth-order valence-corrected chi connectivity index (χ4v) is 3.43. The van der Waals surface area contributed by atoms with Crippen molar-refractivity contribution in [1.82, 2.24) is 14.9 Å². The van der Waals surface area contributed by atoms with E-state index in [9.17, 15) is 9.18 Å². The molecule has 4 nitrogen and oxygen atoms in total. The van der Waals surface area contributed by atoms with E-state index in [1.165, 1.54) is 6.07 Å². The van der Waals surface area contributed by atoms with Gasteiger partial charge in [0.15, 0.2) is 0 Å². The van der Waals surface area contributed by atoms with Crippen LogP contribution >= 0.6 is 0 Å². The van der Waals surface area contributed by atoms with E-state index in [0.29, 0.717) is 18.9 Å². The molecule has 1 N–H and O–H groups in total. The monoisotopic (exact) mass is 349 g/mol. The molecule has 132 valence electrons. The summed E-state index contributed by atoms with van der Waals surface area (Å²) in [7, 11) is 0. The third kappa shape index (κ3) is 3.30. The van der Waals surface area contributed by atoms with E-state index in [1.807, 2.05) is 43.3 Å². The molecule has 26 heavy (non-hydrogen) atoms. The second-order valence-electron chi connectivity index (χ2n) is 6.74. The summed E-state index contributed by atoms with van der Waals surface area (Å²) in [4.78, 5) is 22.4. The van der Waals surface area contributed by atoms with Crippen LogP contribution in [0.2, 0.25) is 0 Å². The van der Waals surface area contributed by atoms with Crippen LogP contribution in [0, 0.1) is 12.7 Å². The van der Waals surface area contributed by atoms with Crippen molar-refractivity contribution in [2.24, 2.45) is 0 Å². The highest BCUT2D eigenvalue weighted by atomic mass is 19.1. The van der Waals surface area contributed by atoms with E-state index in [1.54, 1.807) is 6.07 Å². The van der Waals surface area contributed by atoms with Gasteiger partial charge in [0.1, 0.15) is 11.6 Å².